The van der Waals surface area contributed by atoms with Gasteiger partial charge in [0.15, 0.2) is 0 Å². The van der Waals surface area contributed by atoms with Gasteiger partial charge in [0.2, 0.25) is 5.91 Å². The SMILES string of the molecule is O=C(CCc1cccc(Cl)c1)N1CCCCCC1. The summed E-state index contributed by atoms with van der Waals surface area (Å²) in [4.78, 5) is 14.1. The lowest BCUT2D eigenvalue weighted by Gasteiger charge is -2.20. The van der Waals surface area contributed by atoms with Crippen LogP contribution in [0.2, 0.25) is 5.02 Å². The summed E-state index contributed by atoms with van der Waals surface area (Å²) in [5, 5.41) is 0.745. The predicted molar refractivity (Wildman–Crippen MR) is 74.8 cm³/mol. The van der Waals surface area contributed by atoms with E-state index in [9.17, 15) is 4.79 Å². The fraction of sp³-hybridized carbons (Fsp3) is 0.533. The monoisotopic (exact) mass is 265 g/mol. The van der Waals surface area contributed by atoms with Crippen LogP contribution in [0.25, 0.3) is 0 Å². The van der Waals surface area contributed by atoms with Gasteiger partial charge in [-0.1, -0.05) is 36.6 Å². The van der Waals surface area contributed by atoms with Crippen molar-refractivity contribution in [3.05, 3.63) is 34.9 Å². The lowest BCUT2D eigenvalue weighted by atomic mass is 10.1. The van der Waals surface area contributed by atoms with Crippen molar-refractivity contribution >= 4 is 17.5 Å². The molecule has 1 fully saturated rings. The van der Waals surface area contributed by atoms with Gasteiger partial charge in [-0.15, -0.1) is 0 Å². The minimum Gasteiger partial charge on any atom is -0.343 e. The topological polar surface area (TPSA) is 20.3 Å². The fourth-order valence-corrected chi connectivity index (χ4v) is 2.63. The van der Waals surface area contributed by atoms with E-state index in [2.05, 4.69) is 0 Å². The van der Waals surface area contributed by atoms with Crippen LogP contribution in [0.1, 0.15) is 37.7 Å². The van der Waals surface area contributed by atoms with Gasteiger partial charge in [0.1, 0.15) is 0 Å². The number of nitrogens with zero attached hydrogens (tertiary/aromatic N) is 1. The van der Waals surface area contributed by atoms with Crippen LogP contribution in [-0.4, -0.2) is 23.9 Å². The summed E-state index contributed by atoms with van der Waals surface area (Å²) in [5.41, 5.74) is 1.14. The summed E-state index contributed by atoms with van der Waals surface area (Å²) >= 11 is 5.94. The number of rotatable bonds is 3. The Kier molecular flexibility index (Phi) is 5.06. The standard InChI is InChI=1S/C15H20ClNO/c16-14-7-5-6-13(12-14)8-9-15(18)17-10-3-1-2-4-11-17/h5-7,12H,1-4,8-11H2. The van der Waals surface area contributed by atoms with Crippen molar-refractivity contribution in [3.63, 3.8) is 0 Å². The fourth-order valence-electron chi connectivity index (χ4n) is 2.42. The van der Waals surface area contributed by atoms with Crippen LogP contribution in [-0.2, 0) is 11.2 Å². The Labute approximate surface area is 114 Å². The number of likely N-dealkylation sites (tertiary alicyclic amines) is 1. The number of hydrogen-bond donors (Lipinski definition) is 0. The van der Waals surface area contributed by atoms with Gasteiger partial charge in [-0.25, -0.2) is 0 Å². The highest BCUT2D eigenvalue weighted by Crippen LogP contribution is 2.14. The van der Waals surface area contributed by atoms with E-state index in [-0.39, 0.29) is 5.91 Å². The van der Waals surface area contributed by atoms with Gasteiger partial charge in [0, 0.05) is 24.5 Å². The lowest BCUT2D eigenvalue weighted by Crippen LogP contribution is -2.31. The van der Waals surface area contributed by atoms with Crippen LogP contribution in [0.4, 0.5) is 0 Å². The molecule has 98 valence electrons. The molecule has 0 radical (unpaired) electrons. The molecule has 1 aromatic carbocycles. The molecule has 0 bridgehead atoms. The normalized spacial score (nSPS) is 16.4. The first-order chi connectivity index (χ1) is 8.75. The van der Waals surface area contributed by atoms with E-state index in [1.165, 1.54) is 12.8 Å². The van der Waals surface area contributed by atoms with Crippen molar-refractivity contribution in [2.45, 2.75) is 38.5 Å². The largest absolute Gasteiger partial charge is 0.343 e. The molecule has 1 heterocycles. The molecule has 3 heteroatoms. The highest BCUT2D eigenvalue weighted by molar-refractivity contribution is 6.30. The molecule has 1 amide bonds. The molecule has 0 saturated carbocycles. The number of benzene rings is 1. The molecule has 1 saturated heterocycles. The summed E-state index contributed by atoms with van der Waals surface area (Å²) in [6, 6.07) is 7.77. The van der Waals surface area contributed by atoms with E-state index in [4.69, 9.17) is 11.6 Å². The molecule has 1 aromatic rings. The van der Waals surface area contributed by atoms with Gasteiger partial charge in [0.05, 0.1) is 0 Å². The number of carbonyl (C=O) groups excluding carboxylic acids is 1. The number of amides is 1. The Balaban J connectivity index is 1.83. The van der Waals surface area contributed by atoms with E-state index in [1.807, 2.05) is 29.2 Å². The third-order valence-corrected chi connectivity index (χ3v) is 3.71. The van der Waals surface area contributed by atoms with Crippen LogP contribution in [0.3, 0.4) is 0 Å². The Morgan fingerprint density at radius 3 is 2.56 bits per heavy atom. The molecular formula is C15H20ClNO. The molecule has 1 aliphatic heterocycles. The van der Waals surface area contributed by atoms with Gasteiger partial charge in [0.25, 0.3) is 0 Å². The van der Waals surface area contributed by atoms with E-state index in [0.717, 1.165) is 42.9 Å². The van der Waals surface area contributed by atoms with Gasteiger partial charge < -0.3 is 4.90 Å². The highest BCUT2D eigenvalue weighted by Gasteiger charge is 2.14. The quantitative estimate of drug-likeness (QED) is 0.817. The molecule has 0 N–H and O–H groups in total. The minimum absolute atomic E-state index is 0.289. The molecule has 0 atom stereocenters. The average molecular weight is 266 g/mol. The second kappa shape index (κ2) is 6.79. The molecule has 0 unspecified atom stereocenters. The first kappa shape index (κ1) is 13.4. The minimum atomic E-state index is 0.289. The van der Waals surface area contributed by atoms with Crippen molar-refractivity contribution in [1.29, 1.82) is 0 Å². The predicted octanol–water partition coefficient (Wildman–Crippen LogP) is 3.68. The summed E-state index contributed by atoms with van der Waals surface area (Å²) < 4.78 is 0. The third-order valence-electron chi connectivity index (χ3n) is 3.48. The van der Waals surface area contributed by atoms with Gasteiger partial charge in [-0.3, -0.25) is 4.79 Å². The molecule has 2 rings (SSSR count). The van der Waals surface area contributed by atoms with Crippen LogP contribution >= 0.6 is 11.6 Å². The zero-order valence-electron chi connectivity index (χ0n) is 10.7. The van der Waals surface area contributed by atoms with Crippen molar-refractivity contribution in [2.75, 3.05) is 13.1 Å². The second-order valence-corrected chi connectivity index (χ2v) is 5.36. The molecule has 1 aliphatic rings. The molecule has 2 nitrogen and oxygen atoms in total. The van der Waals surface area contributed by atoms with E-state index < -0.39 is 0 Å². The number of halogens is 1. The van der Waals surface area contributed by atoms with Gasteiger partial charge in [-0.05, 0) is 37.0 Å². The summed E-state index contributed by atoms with van der Waals surface area (Å²) in [5.74, 6) is 0.289. The lowest BCUT2D eigenvalue weighted by molar-refractivity contribution is -0.131. The summed E-state index contributed by atoms with van der Waals surface area (Å²) in [7, 11) is 0. The van der Waals surface area contributed by atoms with Crippen LogP contribution in [0, 0.1) is 0 Å². The van der Waals surface area contributed by atoms with Crippen LogP contribution in [0.15, 0.2) is 24.3 Å². The number of carbonyl (C=O) groups is 1. The third kappa shape index (κ3) is 4.02. The first-order valence-corrected chi connectivity index (χ1v) is 7.16. The molecular weight excluding hydrogens is 246 g/mol. The zero-order chi connectivity index (χ0) is 12.8. The zero-order valence-corrected chi connectivity index (χ0v) is 11.5. The summed E-state index contributed by atoms with van der Waals surface area (Å²) in [6.45, 7) is 1.88. The molecule has 0 aromatic heterocycles. The van der Waals surface area contributed by atoms with Gasteiger partial charge in [-0.2, -0.15) is 0 Å². The molecule has 0 spiro atoms. The van der Waals surface area contributed by atoms with E-state index in [1.54, 1.807) is 0 Å². The molecule has 0 aliphatic carbocycles. The number of hydrogen-bond acceptors (Lipinski definition) is 1. The van der Waals surface area contributed by atoms with E-state index >= 15 is 0 Å². The smallest absolute Gasteiger partial charge is 0.222 e. The maximum Gasteiger partial charge on any atom is 0.222 e. The Bertz CT molecular complexity index is 397. The maximum absolute atomic E-state index is 12.1. The van der Waals surface area contributed by atoms with Crippen molar-refractivity contribution < 1.29 is 4.79 Å². The van der Waals surface area contributed by atoms with E-state index in [0.29, 0.717) is 6.42 Å². The highest BCUT2D eigenvalue weighted by atomic mass is 35.5. The summed E-state index contributed by atoms with van der Waals surface area (Å²) in [6.07, 6.45) is 6.22. The van der Waals surface area contributed by atoms with Crippen molar-refractivity contribution in [1.82, 2.24) is 4.90 Å². The van der Waals surface area contributed by atoms with Gasteiger partial charge >= 0.3 is 0 Å². The molecule has 18 heavy (non-hydrogen) atoms. The van der Waals surface area contributed by atoms with Crippen LogP contribution < -0.4 is 0 Å². The second-order valence-electron chi connectivity index (χ2n) is 4.92. The maximum atomic E-state index is 12.1. The Morgan fingerprint density at radius 1 is 1.17 bits per heavy atom. The van der Waals surface area contributed by atoms with Crippen molar-refractivity contribution in [3.8, 4) is 0 Å². The first-order valence-electron chi connectivity index (χ1n) is 6.78. The Hall–Kier alpha value is -1.02. The Morgan fingerprint density at radius 2 is 1.89 bits per heavy atom. The average Bonchev–Trinajstić information content (AvgIpc) is 2.65. The van der Waals surface area contributed by atoms with Crippen molar-refractivity contribution in [2.24, 2.45) is 0 Å². The van der Waals surface area contributed by atoms with Crippen LogP contribution in [0.5, 0.6) is 0 Å². The number of aryl methyl sites for hydroxylation is 1.